The van der Waals surface area contributed by atoms with Gasteiger partial charge in [0.2, 0.25) is 6.43 Å². The molecule has 0 spiro atoms. The van der Waals surface area contributed by atoms with Crippen LogP contribution in [0.15, 0.2) is 30.3 Å². The van der Waals surface area contributed by atoms with Crippen molar-refractivity contribution in [3.8, 4) is 0 Å². The molecule has 4 saturated carbocycles. The molecule has 23 heavy (non-hydrogen) atoms. The molecule has 124 valence electrons. The zero-order chi connectivity index (χ0) is 16.2. The normalized spacial score (nSPS) is 40.9. The first kappa shape index (κ1) is 15.5. The quantitative estimate of drug-likeness (QED) is 0.790. The molecule has 0 aromatic heterocycles. The van der Waals surface area contributed by atoms with E-state index in [1.165, 1.54) is 5.56 Å². The summed E-state index contributed by atoms with van der Waals surface area (Å²) in [6.45, 7) is 0. The second-order valence-corrected chi connectivity index (χ2v) is 8.39. The molecule has 5 rings (SSSR count). The molecule has 0 heterocycles. The number of halogens is 2. The Balaban J connectivity index is 1.68. The predicted octanol–water partition coefficient (Wildman–Crippen LogP) is 4.69. The lowest BCUT2D eigenvalue weighted by Crippen LogP contribution is -2.40. The lowest BCUT2D eigenvalue weighted by Gasteiger charge is -2.43. The lowest BCUT2D eigenvalue weighted by molar-refractivity contribution is 0.0995. The van der Waals surface area contributed by atoms with Crippen molar-refractivity contribution >= 4 is 17.2 Å². The molecule has 4 heteroatoms. The van der Waals surface area contributed by atoms with Gasteiger partial charge in [-0.25, -0.2) is 8.78 Å². The summed E-state index contributed by atoms with van der Waals surface area (Å²) in [4.78, 5) is 0.629. The summed E-state index contributed by atoms with van der Waals surface area (Å²) in [5, 5.41) is 0. The van der Waals surface area contributed by atoms with Crippen molar-refractivity contribution in [2.75, 3.05) is 0 Å². The van der Waals surface area contributed by atoms with Gasteiger partial charge in [0.25, 0.3) is 0 Å². The third-order valence-corrected chi connectivity index (χ3v) is 7.38. The molecule has 4 aliphatic rings. The van der Waals surface area contributed by atoms with Gasteiger partial charge >= 0.3 is 0 Å². The van der Waals surface area contributed by atoms with Crippen LogP contribution in [0.3, 0.4) is 0 Å². The van der Waals surface area contributed by atoms with E-state index in [1.54, 1.807) is 0 Å². The minimum absolute atomic E-state index is 0.0173. The van der Waals surface area contributed by atoms with Gasteiger partial charge in [-0.05, 0) is 60.8 Å². The van der Waals surface area contributed by atoms with E-state index < -0.39 is 6.43 Å². The SMILES string of the molecule is NC(=S)C12CC3CC(c4ccccc4)(CC1C3CCC(F)F)C2. The maximum Gasteiger partial charge on any atom is 0.238 e. The van der Waals surface area contributed by atoms with E-state index in [4.69, 9.17) is 18.0 Å². The van der Waals surface area contributed by atoms with Crippen LogP contribution in [0, 0.1) is 23.2 Å². The standard InChI is InChI=1S/C19H23F2NS/c20-16(21)7-6-14-12-8-18(13-4-2-1-3-5-13)10-15(14)19(9-12,11-18)17(22)23/h1-5,12,14-16H,6-11H2,(H2,22,23). The van der Waals surface area contributed by atoms with E-state index in [0.29, 0.717) is 29.2 Å². The fraction of sp³-hybridized carbons (Fsp3) is 0.632. The molecule has 5 unspecified atom stereocenters. The van der Waals surface area contributed by atoms with Gasteiger partial charge in [0.15, 0.2) is 0 Å². The number of benzene rings is 1. The summed E-state index contributed by atoms with van der Waals surface area (Å²) in [7, 11) is 0. The third-order valence-electron chi connectivity index (χ3n) is 6.97. The third kappa shape index (κ3) is 2.17. The van der Waals surface area contributed by atoms with Gasteiger partial charge in [-0.2, -0.15) is 0 Å². The van der Waals surface area contributed by atoms with Crippen LogP contribution in [0.4, 0.5) is 8.78 Å². The molecule has 1 aromatic carbocycles. The van der Waals surface area contributed by atoms with E-state index >= 15 is 0 Å². The Hall–Kier alpha value is -1.03. The molecule has 0 amide bonds. The Kier molecular flexibility index (Phi) is 3.53. The maximum absolute atomic E-state index is 12.7. The van der Waals surface area contributed by atoms with Crippen molar-refractivity contribution in [3.05, 3.63) is 35.9 Å². The summed E-state index contributed by atoms with van der Waals surface area (Å²) >= 11 is 5.48. The van der Waals surface area contributed by atoms with Gasteiger partial charge in [-0.1, -0.05) is 42.5 Å². The minimum atomic E-state index is -2.20. The zero-order valence-electron chi connectivity index (χ0n) is 13.2. The highest BCUT2D eigenvalue weighted by Gasteiger charge is 2.68. The minimum Gasteiger partial charge on any atom is -0.393 e. The Morgan fingerprint density at radius 3 is 2.61 bits per heavy atom. The van der Waals surface area contributed by atoms with Crippen molar-refractivity contribution < 1.29 is 8.78 Å². The van der Waals surface area contributed by atoms with Crippen LogP contribution < -0.4 is 5.73 Å². The van der Waals surface area contributed by atoms with Crippen LogP contribution in [0.25, 0.3) is 0 Å². The predicted molar refractivity (Wildman–Crippen MR) is 91.5 cm³/mol. The van der Waals surface area contributed by atoms with Crippen molar-refractivity contribution in [3.63, 3.8) is 0 Å². The first-order chi connectivity index (χ1) is 11.0. The van der Waals surface area contributed by atoms with Crippen LogP contribution in [0.2, 0.25) is 0 Å². The lowest BCUT2D eigenvalue weighted by atomic mass is 9.61. The molecule has 0 radical (unpaired) electrons. The Morgan fingerprint density at radius 1 is 1.22 bits per heavy atom. The summed E-state index contributed by atoms with van der Waals surface area (Å²) < 4.78 is 25.4. The number of hydrogen-bond donors (Lipinski definition) is 1. The number of hydrogen-bond acceptors (Lipinski definition) is 1. The van der Waals surface area contributed by atoms with Crippen LogP contribution >= 0.6 is 12.2 Å². The number of rotatable bonds is 5. The molecule has 4 bridgehead atoms. The topological polar surface area (TPSA) is 26.0 Å². The van der Waals surface area contributed by atoms with Crippen LogP contribution in [-0.4, -0.2) is 11.4 Å². The number of nitrogens with two attached hydrogens (primary N) is 1. The van der Waals surface area contributed by atoms with E-state index in [9.17, 15) is 8.78 Å². The van der Waals surface area contributed by atoms with E-state index in [-0.39, 0.29) is 17.3 Å². The molecule has 1 aromatic rings. The van der Waals surface area contributed by atoms with Gasteiger partial charge in [-0.3, -0.25) is 0 Å². The first-order valence-corrected chi connectivity index (χ1v) is 9.01. The molecule has 5 atom stereocenters. The van der Waals surface area contributed by atoms with E-state index in [0.717, 1.165) is 25.7 Å². The van der Waals surface area contributed by atoms with Crippen molar-refractivity contribution in [1.82, 2.24) is 0 Å². The largest absolute Gasteiger partial charge is 0.393 e. The molecule has 2 N–H and O–H groups in total. The molecule has 1 nitrogen and oxygen atoms in total. The van der Waals surface area contributed by atoms with Crippen molar-refractivity contribution in [2.45, 2.75) is 50.4 Å². The van der Waals surface area contributed by atoms with Gasteiger partial charge in [0, 0.05) is 11.8 Å². The smallest absolute Gasteiger partial charge is 0.238 e. The average molecular weight is 335 g/mol. The number of thiocarbonyl (C=S) groups is 1. The van der Waals surface area contributed by atoms with Crippen molar-refractivity contribution in [1.29, 1.82) is 0 Å². The molecule has 0 saturated heterocycles. The fourth-order valence-electron chi connectivity index (χ4n) is 6.29. The molecule has 4 fully saturated rings. The highest BCUT2D eigenvalue weighted by molar-refractivity contribution is 7.80. The summed E-state index contributed by atoms with van der Waals surface area (Å²) in [5.41, 5.74) is 7.67. The highest BCUT2D eigenvalue weighted by atomic mass is 32.1. The summed E-state index contributed by atoms with van der Waals surface area (Å²) in [6, 6.07) is 10.7. The average Bonchev–Trinajstić information content (AvgIpc) is 2.90. The Labute approximate surface area is 141 Å². The number of alkyl halides is 2. The fourth-order valence-corrected chi connectivity index (χ4v) is 6.60. The van der Waals surface area contributed by atoms with Crippen LogP contribution in [-0.2, 0) is 5.41 Å². The van der Waals surface area contributed by atoms with E-state index in [1.807, 2.05) is 6.07 Å². The van der Waals surface area contributed by atoms with Gasteiger partial charge in [-0.15, -0.1) is 0 Å². The zero-order valence-corrected chi connectivity index (χ0v) is 14.0. The summed E-state index contributed by atoms with van der Waals surface area (Å²) in [5.74, 6) is 1.28. The van der Waals surface area contributed by atoms with Crippen LogP contribution in [0.5, 0.6) is 0 Å². The Bertz CT molecular complexity index is 619. The second kappa shape index (κ2) is 5.23. The molecule has 0 aliphatic heterocycles. The van der Waals surface area contributed by atoms with E-state index in [2.05, 4.69) is 24.3 Å². The van der Waals surface area contributed by atoms with Crippen LogP contribution in [0.1, 0.15) is 44.1 Å². The van der Waals surface area contributed by atoms with Gasteiger partial charge in [0.1, 0.15) is 0 Å². The van der Waals surface area contributed by atoms with Gasteiger partial charge < -0.3 is 5.73 Å². The second-order valence-electron chi connectivity index (χ2n) is 7.95. The molecular formula is C19H23F2NS. The monoisotopic (exact) mass is 335 g/mol. The molecular weight excluding hydrogens is 312 g/mol. The molecule has 4 aliphatic carbocycles. The van der Waals surface area contributed by atoms with Crippen molar-refractivity contribution in [2.24, 2.45) is 28.9 Å². The first-order valence-electron chi connectivity index (χ1n) is 8.60. The van der Waals surface area contributed by atoms with Gasteiger partial charge in [0.05, 0.1) is 4.99 Å². The highest BCUT2D eigenvalue weighted by Crippen LogP contribution is 2.73. The summed E-state index contributed by atoms with van der Waals surface area (Å²) in [6.07, 6.45) is 2.67. The Morgan fingerprint density at radius 2 is 1.96 bits per heavy atom. The maximum atomic E-state index is 12.7.